The lowest BCUT2D eigenvalue weighted by atomic mass is 10.2. The van der Waals surface area contributed by atoms with Crippen LogP contribution < -0.4 is 5.32 Å². The zero-order chi connectivity index (χ0) is 18.1. The average molecular weight is 411 g/mol. The number of benzene rings is 1. The van der Waals surface area contributed by atoms with E-state index in [0.29, 0.717) is 31.1 Å². The van der Waals surface area contributed by atoms with Crippen LogP contribution in [0.3, 0.4) is 0 Å². The van der Waals surface area contributed by atoms with Gasteiger partial charge in [-0.15, -0.1) is 17.5 Å². The van der Waals surface area contributed by atoms with Gasteiger partial charge in [-0.05, 0) is 34.7 Å². The lowest BCUT2D eigenvalue weighted by Crippen LogP contribution is -2.49. The second-order valence-corrected chi connectivity index (χ2v) is 7.87. The van der Waals surface area contributed by atoms with Crippen molar-refractivity contribution in [3.8, 4) is 5.69 Å². The fourth-order valence-electron chi connectivity index (χ4n) is 3.08. The molecule has 0 aliphatic carbocycles. The smallest absolute Gasteiger partial charge is 0.243 e. The number of aromatic nitrogens is 6. The average Bonchev–Trinajstić information content (AvgIpc) is 3.33. The normalized spacial score (nSPS) is 18.2. The molecule has 10 nitrogen and oxygen atoms in total. The fourth-order valence-corrected chi connectivity index (χ4v) is 4.66. The van der Waals surface area contributed by atoms with Gasteiger partial charge in [-0.1, -0.05) is 0 Å². The van der Waals surface area contributed by atoms with Crippen molar-refractivity contribution in [1.82, 2.24) is 39.4 Å². The number of nitrogens with zero attached hydrogens (tertiary/aromatic N) is 7. The van der Waals surface area contributed by atoms with Crippen molar-refractivity contribution in [1.29, 1.82) is 0 Å². The van der Waals surface area contributed by atoms with E-state index in [1.165, 1.54) is 15.3 Å². The van der Waals surface area contributed by atoms with Crippen LogP contribution in [-0.2, 0) is 17.1 Å². The number of aryl methyl sites for hydroxylation is 1. The summed E-state index contributed by atoms with van der Waals surface area (Å²) in [6.45, 7) is 1.50. The predicted molar refractivity (Wildman–Crippen MR) is 99.1 cm³/mol. The molecule has 0 saturated carbocycles. The van der Waals surface area contributed by atoms with Crippen LogP contribution in [0.2, 0.25) is 0 Å². The van der Waals surface area contributed by atoms with Gasteiger partial charge in [-0.25, -0.2) is 18.1 Å². The number of halogens is 1. The van der Waals surface area contributed by atoms with E-state index in [1.807, 2.05) is 17.8 Å². The van der Waals surface area contributed by atoms with Gasteiger partial charge >= 0.3 is 0 Å². The maximum Gasteiger partial charge on any atom is 0.243 e. The quantitative estimate of drug-likeness (QED) is 0.651. The highest BCUT2D eigenvalue weighted by molar-refractivity contribution is 7.89. The molecule has 1 saturated heterocycles. The van der Waals surface area contributed by atoms with E-state index in [2.05, 4.69) is 25.8 Å². The molecule has 1 aromatic carbocycles. The molecule has 3 aromatic rings. The second-order valence-electron chi connectivity index (χ2n) is 5.98. The van der Waals surface area contributed by atoms with E-state index in [9.17, 15) is 8.42 Å². The first kappa shape index (κ1) is 19.4. The molecule has 0 bridgehead atoms. The lowest BCUT2D eigenvalue weighted by Gasteiger charge is -2.34. The van der Waals surface area contributed by atoms with Crippen molar-refractivity contribution in [3.63, 3.8) is 0 Å². The molecule has 3 heterocycles. The first-order chi connectivity index (χ1) is 12.6. The molecule has 1 atom stereocenters. The van der Waals surface area contributed by atoms with Gasteiger partial charge in [0.25, 0.3) is 0 Å². The minimum absolute atomic E-state index is 0. The molecule has 0 radical (unpaired) electrons. The largest absolute Gasteiger partial charge is 0.337 e. The monoisotopic (exact) mass is 410 g/mol. The number of rotatable bonds is 4. The van der Waals surface area contributed by atoms with Crippen LogP contribution in [-0.4, -0.2) is 62.1 Å². The topological polar surface area (TPSA) is 111 Å². The predicted octanol–water partition coefficient (Wildman–Crippen LogP) is 0.153. The minimum Gasteiger partial charge on any atom is -0.337 e. The Kier molecular flexibility index (Phi) is 5.56. The van der Waals surface area contributed by atoms with Gasteiger partial charge in [0.15, 0.2) is 0 Å². The molecule has 1 unspecified atom stereocenters. The Morgan fingerprint density at radius 3 is 2.63 bits per heavy atom. The number of imidazole rings is 1. The first-order valence-corrected chi connectivity index (χ1v) is 9.54. The Bertz CT molecular complexity index is 987. The van der Waals surface area contributed by atoms with E-state index in [0.717, 1.165) is 0 Å². The molecule has 27 heavy (non-hydrogen) atoms. The standard InChI is InChI=1S/C15H18N8O2S.ClH/c1-21-8-7-17-15(21)14-10-16-6-9-23(14)26(24,25)13-4-2-12(3-5-13)22-11-18-19-20-22;/h2-5,7-8,11,14,16H,6,9-10H2,1H3;1H. The Morgan fingerprint density at radius 1 is 1.22 bits per heavy atom. The van der Waals surface area contributed by atoms with Gasteiger partial charge in [-0.2, -0.15) is 4.31 Å². The third-order valence-electron chi connectivity index (χ3n) is 4.41. The maximum atomic E-state index is 13.2. The van der Waals surface area contributed by atoms with Gasteiger partial charge in [0.2, 0.25) is 10.0 Å². The minimum atomic E-state index is -3.66. The molecular weight excluding hydrogens is 392 g/mol. The summed E-state index contributed by atoms with van der Waals surface area (Å²) < 4.78 is 31.3. The summed E-state index contributed by atoms with van der Waals surface area (Å²) in [6.07, 6.45) is 4.95. The molecule has 2 aromatic heterocycles. The van der Waals surface area contributed by atoms with Crippen LogP contribution in [0.15, 0.2) is 47.9 Å². The van der Waals surface area contributed by atoms with Gasteiger partial charge in [-0.3, -0.25) is 0 Å². The summed E-state index contributed by atoms with van der Waals surface area (Å²) in [7, 11) is -1.80. The van der Waals surface area contributed by atoms with Crippen LogP contribution in [0.4, 0.5) is 0 Å². The van der Waals surface area contributed by atoms with Crippen molar-refractivity contribution < 1.29 is 8.42 Å². The maximum absolute atomic E-state index is 13.2. The highest BCUT2D eigenvalue weighted by atomic mass is 35.5. The lowest BCUT2D eigenvalue weighted by molar-refractivity contribution is 0.258. The molecule has 1 N–H and O–H groups in total. The summed E-state index contributed by atoms with van der Waals surface area (Å²) in [5.74, 6) is 0.714. The van der Waals surface area contributed by atoms with Gasteiger partial charge in [0, 0.05) is 39.1 Å². The Morgan fingerprint density at radius 2 is 2.00 bits per heavy atom. The third kappa shape index (κ3) is 3.58. The number of hydrogen-bond donors (Lipinski definition) is 1. The fraction of sp³-hybridized carbons (Fsp3) is 0.333. The van der Waals surface area contributed by atoms with E-state index in [-0.39, 0.29) is 23.3 Å². The van der Waals surface area contributed by atoms with Crippen LogP contribution >= 0.6 is 12.4 Å². The number of piperazine rings is 1. The van der Waals surface area contributed by atoms with Crippen molar-refractivity contribution in [2.75, 3.05) is 19.6 Å². The first-order valence-electron chi connectivity index (χ1n) is 8.10. The number of hydrogen-bond acceptors (Lipinski definition) is 7. The number of tetrazole rings is 1. The third-order valence-corrected chi connectivity index (χ3v) is 6.33. The molecule has 1 aliphatic heterocycles. The molecule has 4 rings (SSSR count). The molecule has 144 valence electrons. The Labute approximate surface area is 162 Å². The highest BCUT2D eigenvalue weighted by Gasteiger charge is 2.36. The van der Waals surface area contributed by atoms with Gasteiger partial charge < -0.3 is 9.88 Å². The molecule has 1 fully saturated rings. The Balaban J connectivity index is 0.00000210. The van der Waals surface area contributed by atoms with Crippen LogP contribution in [0.1, 0.15) is 11.9 Å². The summed E-state index contributed by atoms with van der Waals surface area (Å²) in [4.78, 5) is 4.57. The van der Waals surface area contributed by atoms with Crippen molar-refractivity contribution in [3.05, 3.63) is 48.8 Å². The van der Waals surface area contributed by atoms with Crippen molar-refractivity contribution >= 4 is 22.4 Å². The van der Waals surface area contributed by atoms with Crippen molar-refractivity contribution in [2.45, 2.75) is 10.9 Å². The summed E-state index contributed by atoms with van der Waals surface area (Å²) in [5, 5.41) is 14.2. The number of nitrogens with one attached hydrogen (secondary N) is 1. The van der Waals surface area contributed by atoms with Crippen LogP contribution in [0.5, 0.6) is 0 Å². The summed E-state index contributed by atoms with van der Waals surface area (Å²) >= 11 is 0. The van der Waals surface area contributed by atoms with Gasteiger partial charge in [0.05, 0.1) is 16.6 Å². The van der Waals surface area contributed by atoms with Crippen LogP contribution in [0.25, 0.3) is 5.69 Å². The summed E-state index contributed by atoms with van der Waals surface area (Å²) in [6, 6.07) is 6.16. The van der Waals surface area contributed by atoms with E-state index < -0.39 is 10.0 Å². The highest BCUT2D eigenvalue weighted by Crippen LogP contribution is 2.28. The van der Waals surface area contributed by atoms with E-state index in [1.54, 1.807) is 30.5 Å². The SMILES string of the molecule is Cl.Cn1ccnc1C1CNCCN1S(=O)(=O)c1ccc(-n2cnnn2)cc1. The summed E-state index contributed by atoms with van der Waals surface area (Å²) in [5.41, 5.74) is 0.690. The Hall–Kier alpha value is -2.34. The number of sulfonamides is 1. The molecule has 0 spiro atoms. The van der Waals surface area contributed by atoms with Gasteiger partial charge in [0.1, 0.15) is 12.2 Å². The molecule has 12 heteroatoms. The van der Waals surface area contributed by atoms with Crippen molar-refractivity contribution in [2.24, 2.45) is 7.05 Å². The van der Waals surface area contributed by atoms with Crippen LogP contribution in [0, 0.1) is 0 Å². The molecule has 1 aliphatic rings. The molecular formula is C15H19ClN8O2S. The van der Waals surface area contributed by atoms with E-state index >= 15 is 0 Å². The molecule has 0 amide bonds. The second kappa shape index (κ2) is 7.72. The zero-order valence-electron chi connectivity index (χ0n) is 14.5. The zero-order valence-corrected chi connectivity index (χ0v) is 16.1. The van der Waals surface area contributed by atoms with E-state index in [4.69, 9.17) is 0 Å².